The summed E-state index contributed by atoms with van der Waals surface area (Å²) in [6, 6.07) is 8.01. The van der Waals surface area contributed by atoms with E-state index in [9.17, 15) is 19.5 Å². The topological polar surface area (TPSA) is 83.9 Å². The second kappa shape index (κ2) is 7.42. The summed E-state index contributed by atoms with van der Waals surface area (Å²) < 4.78 is 4.79. The van der Waals surface area contributed by atoms with Gasteiger partial charge in [-0.3, -0.25) is 9.59 Å². The fourth-order valence-electron chi connectivity index (χ4n) is 1.97. The number of likely N-dealkylation sites (N-methyl/N-ethyl adjacent to an activating group) is 1. The standard InChI is InChI=1S/C15H19NO5/c1-10(21-11(2)17)14(18)16(3)13(15(19)20)9-12-7-5-4-6-8-12/h4-8,10,13H,9H2,1-3H3,(H,19,20)/t10-,13-/m0/s1. The maximum absolute atomic E-state index is 12.1. The molecule has 1 N–H and O–H groups in total. The highest BCUT2D eigenvalue weighted by Gasteiger charge is 2.30. The van der Waals surface area contributed by atoms with Crippen molar-refractivity contribution in [2.45, 2.75) is 32.4 Å². The lowest BCUT2D eigenvalue weighted by atomic mass is 10.0. The van der Waals surface area contributed by atoms with Crippen molar-refractivity contribution < 1.29 is 24.2 Å². The van der Waals surface area contributed by atoms with E-state index in [1.165, 1.54) is 20.9 Å². The molecule has 6 heteroatoms. The van der Waals surface area contributed by atoms with Crippen molar-refractivity contribution in [2.75, 3.05) is 7.05 Å². The Morgan fingerprint density at radius 3 is 2.29 bits per heavy atom. The Bertz CT molecular complexity index is 514. The Morgan fingerprint density at radius 1 is 1.24 bits per heavy atom. The van der Waals surface area contributed by atoms with Gasteiger partial charge in [-0.25, -0.2) is 4.79 Å². The second-order valence-corrected chi connectivity index (χ2v) is 4.74. The molecule has 1 aromatic carbocycles. The second-order valence-electron chi connectivity index (χ2n) is 4.74. The number of carboxylic acids is 1. The van der Waals surface area contributed by atoms with Gasteiger partial charge in [-0.15, -0.1) is 0 Å². The largest absolute Gasteiger partial charge is 0.480 e. The first-order chi connectivity index (χ1) is 9.82. The van der Waals surface area contributed by atoms with Gasteiger partial charge in [0.25, 0.3) is 5.91 Å². The van der Waals surface area contributed by atoms with Crippen molar-refractivity contribution in [1.82, 2.24) is 4.90 Å². The molecule has 1 rings (SSSR count). The number of amides is 1. The maximum Gasteiger partial charge on any atom is 0.326 e. The summed E-state index contributed by atoms with van der Waals surface area (Å²) in [5.41, 5.74) is 0.810. The molecular weight excluding hydrogens is 274 g/mol. The maximum atomic E-state index is 12.1. The van der Waals surface area contributed by atoms with Crippen molar-refractivity contribution >= 4 is 17.8 Å². The van der Waals surface area contributed by atoms with E-state index < -0.39 is 30.0 Å². The molecule has 0 aliphatic carbocycles. The van der Waals surface area contributed by atoms with Crippen LogP contribution in [-0.2, 0) is 25.5 Å². The number of rotatable bonds is 6. The van der Waals surface area contributed by atoms with Crippen molar-refractivity contribution in [2.24, 2.45) is 0 Å². The lowest BCUT2D eigenvalue weighted by Crippen LogP contribution is -2.48. The van der Waals surface area contributed by atoms with E-state index in [1.54, 1.807) is 24.3 Å². The average molecular weight is 293 g/mol. The van der Waals surface area contributed by atoms with Crippen LogP contribution in [0.1, 0.15) is 19.4 Å². The molecule has 0 saturated heterocycles. The number of carbonyl (C=O) groups is 3. The highest BCUT2D eigenvalue weighted by molar-refractivity contribution is 5.87. The molecule has 114 valence electrons. The predicted molar refractivity (Wildman–Crippen MR) is 75.6 cm³/mol. The molecule has 0 bridgehead atoms. The number of carbonyl (C=O) groups excluding carboxylic acids is 2. The quantitative estimate of drug-likeness (QED) is 0.794. The lowest BCUT2D eigenvalue weighted by Gasteiger charge is -2.27. The van der Waals surface area contributed by atoms with Gasteiger partial charge in [-0.05, 0) is 12.5 Å². The number of nitrogens with zero attached hydrogens (tertiary/aromatic N) is 1. The van der Waals surface area contributed by atoms with Crippen molar-refractivity contribution in [1.29, 1.82) is 0 Å². The first-order valence-corrected chi connectivity index (χ1v) is 6.53. The molecule has 0 saturated carbocycles. The minimum atomic E-state index is -1.11. The van der Waals surface area contributed by atoms with E-state index >= 15 is 0 Å². The SMILES string of the molecule is CC(=O)O[C@@H](C)C(=O)N(C)[C@@H](Cc1ccccc1)C(=O)O. The first-order valence-electron chi connectivity index (χ1n) is 6.53. The number of hydrogen-bond acceptors (Lipinski definition) is 4. The van der Waals surface area contributed by atoms with Crippen LogP contribution < -0.4 is 0 Å². The molecule has 6 nitrogen and oxygen atoms in total. The van der Waals surface area contributed by atoms with Crippen LogP contribution in [0.5, 0.6) is 0 Å². The molecule has 0 spiro atoms. The highest BCUT2D eigenvalue weighted by atomic mass is 16.5. The summed E-state index contributed by atoms with van der Waals surface area (Å²) >= 11 is 0. The third-order valence-electron chi connectivity index (χ3n) is 3.06. The normalized spacial score (nSPS) is 13.1. The summed E-state index contributed by atoms with van der Waals surface area (Å²) in [4.78, 5) is 35.5. The summed E-state index contributed by atoms with van der Waals surface area (Å²) in [7, 11) is 1.39. The average Bonchev–Trinajstić information content (AvgIpc) is 2.43. The third-order valence-corrected chi connectivity index (χ3v) is 3.06. The minimum absolute atomic E-state index is 0.186. The van der Waals surface area contributed by atoms with E-state index in [4.69, 9.17) is 4.74 Å². The number of benzene rings is 1. The summed E-state index contributed by atoms with van der Waals surface area (Å²) in [6.45, 7) is 2.62. The van der Waals surface area contributed by atoms with Gasteiger partial charge in [0.1, 0.15) is 6.04 Å². The van der Waals surface area contributed by atoms with Gasteiger partial charge in [0.05, 0.1) is 0 Å². The van der Waals surface area contributed by atoms with Crippen LogP contribution in [0.15, 0.2) is 30.3 Å². The van der Waals surface area contributed by atoms with Crippen molar-refractivity contribution in [3.8, 4) is 0 Å². The molecule has 0 radical (unpaired) electrons. The Hall–Kier alpha value is -2.37. The Balaban J connectivity index is 2.82. The van der Waals surface area contributed by atoms with Crippen LogP contribution in [0.2, 0.25) is 0 Å². The highest BCUT2D eigenvalue weighted by Crippen LogP contribution is 2.10. The molecule has 0 aliphatic rings. The van der Waals surface area contributed by atoms with E-state index in [2.05, 4.69) is 0 Å². The summed E-state index contributed by atoms with van der Waals surface area (Å²) in [5.74, 6) is -2.24. The minimum Gasteiger partial charge on any atom is -0.480 e. The van der Waals surface area contributed by atoms with Crippen LogP contribution in [0.4, 0.5) is 0 Å². The molecule has 1 amide bonds. The fourth-order valence-corrected chi connectivity index (χ4v) is 1.97. The Kier molecular flexibility index (Phi) is 5.90. The fraction of sp³-hybridized carbons (Fsp3) is 0.400. The van der Waals surface area contributed by atoms with Crippen molar-refractivity contribution in [3.05, 3.63) is 35.9 Å². The lowest BCUT2D eigenvalue weighted by molar-refractivity contribution is -0.160. The van der Waals surface area contributed by atoms with E-state index in [-0.39, 0.29) is 6.42 Å². The zero-order valence-electron chi connectivity index (χ0n) is 12.3. The molecule has 21 heavy (non-hydrogen) atoms. The van der Waals surface area contributed by atoms with Crippen molar-refractivity contribution in [3.63, 3.8) is 0 Å². The van der Waals surface area contributed by atoms with Crippen LogP contribution in [0, 0.1) is 0 Å². The zero-order valence-corrected chi connectivity index (χ0v) is 12.3. The van der Waals surface area contributed by atoms with Gasteiger partial charge in [-0.2, -0.15) is 0 Å². The Labute approximate surface area is 123 Å². The van der Waals surface area contributed by atoms with Gasteiger partial charge in [0, 0.05) is 20.4 Å². The number of aliphatic carboxylic acids is 1. The van der Waals surface area contributed by atoms with E-state index in [0.29, 0.717) is 0 Å². The van der Waals surface area contributed by atoms with E-state index in [0.717, 1.165) is 10.5 Å². The monoisotopic (exact) mass is 293 g/mol. The van der Waals surface area contributed by atoms with Gasteiger partial charge < -0.3 is 14.7 Å². The van der Waals surface area contributed by atoms with E-state index in [1.807, 2.05) is 6.07 Å². The zero-order chi connectivity index (χ0) is 16.0. The molecule has 0 heterocycles. The smallest absolute Gasteiger partial charge is 0.326 e. The van der Waals surface area contributed by atoms with Crippen LogP contribution in [-0.4, -0.2) is 47.0 Å². The Morgan fingerprint density at radius 2 is 1.81 bits per heavy atom. The number of hydrogen-bond donors (Lipinski definition) is 1. The molecule has 0 aliphatic heterocycles. The molecule has 0 fully saturated rings. The third kappa shape index (κ3) is 4.91. The molecular formula is C15H19NO5. The summed E-state index contributed by atoms with van der Waals surface area (Å²) in [5, 5.41) is 9.32. The predicted octanol–water partition coefficient (Wildman–Crippen LogP) is 1.09. The molecule has 1 aromatic rings. The van der Waals surface area contributed by atoms with Crippen LogP contribution in [0.25, 0.3) is 0 Å². The number of esters is 1. The van der Waals surface area contributed by atoms with Gasteiger partial charge in [-0.1, -0.05) is 30.3 Å². The number of ether oxygens (including phenoxy) is 1. The summed E-state index contributed by atoms with van der Waals surface area (Å²) in [6.07, 6.45) is -0.823. The van der Waals surface area contributed by atoms with Crippen LogP contribution >= 0.6 is 0 Å². The first kappa shape index (κ1) is 16.7. The molecule has 0 aromatic heterocycles. The molecule has 2 atom stereocenters. The van der Waals surface area contributed by atoms with Gasteiger partial charge in [0.2, 0.25) is 0 Å². The van der Waals surface area contributed by atoms with Gasteiger partial charge >= 0.3 is 11.9 Å². The molecule has 0 unspecified atom stereocenters. The van der Waals surface area contributed by atoms with Gasteiger partial charge in [0.15, 0.2) is 6.10 Å². The van der Waals surface area contributed by atoms with Crippen LogP contribution in [0.3, 0.4) is 0 Å². The number of carboxylic acid groups (broad SMARTS) is 1.